The number of nitrogens with zero attached hydrogens (tertiary/aromatic N) is 2. The summed E-state index contributed by atoms with van der Waals surface area (Å²) in [6, 6.07) is 3.93. The van der Waals surface area contributed by atoms with Crippen LogP contribution < -0.4 is 10.6 Å². The molecule has 22 heavy (non-hydrogen) atoms. The van der Waals surface area contributed by atoms with E-state index >= 15 is 0 Å². The lowest BCUT2D eigenvalue weighted by Crippen LogP contribution is -2.46. The van der Waals surface area contributed by atoms with E-state index < -0.39 is 0 Å². The molecule has 120 valence electrons. The standard InChI is InChI=1S/C17H26N4O/c1-5-11-21-12-13(14-7-6-9-18-15(14)21)8-10-19-16(22)20-17(2,3)4/h6-7,9,12H,5,8,10-11H2,1-4H3,(H2,19,20,22). The number of nitrogens with one attached hydrogen (secondary N) is 2. The maximum atomic E-state index is 11.8. The van der Waals surface area contributed by atoms with Crippen LogP contribution in [0.15, 0.2) is 24.5 Å². The summed E-state index contributed by atoms with van der Waals surface area (Å²) < 4.78 is 2.19. The highest BCUT2D eigenvalue weighted by molar-refractivity contribution is 5.80. The smallest absolute Gasteiger partial charge is 0.315 e. The van der Waals surface area contributed by atoms with E-state index in [9.17, 15) is 4.79 Å². The molecule has 2 aromatic heterocycles. The maximum absolute atomic E-state index is 11.8. The zero-order valence-electron chi connectivity index (χ0n) is 13.9. The van der Waals surface area contributed by atoms with Gasteiger partial charge in [-0.05, 0) is 51.3 Å². The number of amides is 2. The Balaban J connectivity index is 2.01. The van der Waals surface area contributed by atoms with Gasteiger partial charge < -0.3 is 15.2 Å². The Bertz CT molecular complexity index is 640. The molecule has 5 heteroatoms. The van der Waals surface area contributed by atoms with Crippen molar-refractivity contribution >= 4 is 17.1 Å². The Hall–Kier alpha value is -2.04. The van der Waals surface area contributed by atoms with Gasteiger partial charge in [-0.25, -0.2) is 9.78 Å². The molecule has 2 heterocycles. The molecule has 0 aliphatic carbocycles. The number of carbonyl (C=O) groups excluding carboxylic acids is 1. The van der Waals surface area contributed by atoms with E-state index in [0.717, 1.165) is 25.0 Å². The van der Waals surface area contributed by atoms with Gasteiger partial charge in [0.1, 0.15) is 5.65 Å². The molecule has 0 aliphatic rings. The first kappa shape index (κ1) is 16.3. The second-order valence-electron chi connectivity index (χ2n) is 6.60. The van der Waals surface area contributed by atoms with E-state index in [2.05, 4.69) is 39.4 Å². The molecule has 0 aliphatic heterocycles. The van der Waals surface area contributed by atoms with E-state index in [1.807, 2.05) is 33.0 Å². The van der Waals surface area contributed by atoms with Crippen molar-refractivity contribution in [2.75, 3.05) is 6.54 Å². The fourth-order valence-corrected chi connectivity index (χ4v) is 2.50. The predicted octanol–water partition coefficient (Wildman–Crippen LogP) is 3.09. The van der Waals surface area contributed by atoms with Crippen molar-refractivity contribution in [2.45, 2.75) is 52.6 Å². The molecule has 0 atom stereocenters. The van der Waals surface area contributed by atoms with E-state index in [1.165, 1.54) is 10.9 Å². The van der Waals surface area contributed by atoms with Crippen molar-refractivity contribution in [1.29, 1.82) is 0 Å². The number of carbonyl (C=O) groups is 1. The number of aromatic nitrogens is 2. The van der Waals surface area contributed by atoms with Gasteiger partial charge in [-0.2, -0.15) is 0 Å². The summed E-state index contributed by atoms with van der Waals surface area (Å²) in [5.41, 5.74) is 2.04. The maximum Gasteiger partial charge on any atom is 0.315 e. The van der Waals surface area contributed by atoms with Crippen LogP contribution in [0.5, 0.6) is 0 Å². The molecule has 0 aromatic carbocycles. The van der Waals surface area contributed by atoms with Gasteiger partial charge in [0.2, 0.25) is 0 Å². The highest BCUT2D eigenvalue weighted by atomic mass is 16.2. The number of hydrogen-bond donors (Lipinski definition) is 2. The van der Waals surface area contributed by atoms with Crippen molar-refractivity contribution in [3.8, 4) is 0 Å². The normalized spacial score (nSPS) is 11.6. The van der Waals surface area contributed by atoms with Gasteiger partial charge in [-0.3, -0.25) is 0 Å². The lowest BCUT2D eigenvalue weighted by Gasteiger charge is -2.20. The second-order valence-corrected chi connectivity index (χ2v) is 6.60. The summed E-state index contributed by atoms with van der Waals surface area (Å²) in [6.45, 7) is 9.64. The lowest BCUT2D eigenvalue weighted by molar-refractivity contribution is 0.232. The number of urea groups is 1. The van der Waals surface area contributed by atoms with Crippen LogP contribution in [0, 0.1) is 0 Å². The van der Waals surface area contributed by atoms with Crippen LogP contribution in [-0.2, 0) is 13.0 Å². The quantitative estimate of drug-likeness (QED) is 0.891. The first-order valence-electron chi connectivity index (χ1n) is 7.89. The summed E-state index contributed by atoms with van der Waals surface area (Å²) in [6.07, 6.45) is 5.86. The molecule has 2 rings (SSSR count). The van der Waals surface area contributed by atoms with Gasteiger partial charge in [0.15, 0.2) is 0 Å². The Kier molecular flexibility index (Phi) is 5.06. The molecule has 2 aromatic rings. The Morgan fingerprint density at radius 3 is 2.82 bits per heavy atom. The number of rotatable bonds is 5. The predicted molar refractivity (Wildman–Crippen MR) is 90.0 cm³/mol. The summed E-state index contributed by atoms with van der Waals surface area (Å²) in [4.78, 5) is 16.3. The van der Waals surface area contributed by atoms with Crippen LogP contribution >= 0.6 is 0 Å². The largest absolute Gasteiger partial charge is 0.338 e. The molecule has 0 unspecified atom stereocenters. The van der Waals surface area contributed by atoms with Gasteiger partial charge in [-0.1, -0.05) is 6.92 Å². The average Bonchev–Trinajstić information content (AvgIpc) is 2.76. The van der Waals surface area contributed by atoms with Crippen LogP contribution in [-0.4, -0.2) is 27.7 Å². The highest BCUT2D eigenvalue weighted by Gasteiger charge is 2.13. The first-order chi connectivity index (χ1) is 10.4. The highest BCUT2D eigenvalue weighted by Crippen LogP contribution is 2.20. The number of hydrogen-bond acceptors (Lipinski definition) is 2. The van der Waals surface area contributed by atoms with Crippen molar-refractivity contribution in [3.05, 3.63) is 30.1 Å². The molecule has 0 spiro atoms. The van der Waals surface area contributed by atoms with Gasteiger partial charge >= 0.3 is 6.03 Å². The molecule has 0 radical (unpaired) electrons. The molecule has 5 nitrogen and oxygen atoms in total. The SMILES string of the molecule is CCCn1cc(CCNC(=O)NC(C)(C)C)c2cccnc21. The van der Waals surface area contributed by atoms with Crippen molar-refractivity contribution in [2.24, 2.45) is 0 Å². The second kappa shape index (κ2) is 6.81. The van der Waals surface area contributed by atoms with Crippen LogP contribution in [0.1, 0.15) is 39.7 Å². The van der Waals surface area contributed by atoms with Gasteiger partial charge in [-0.15, -0.1) is 0 Å². The van der Waals surface area contributed by atoms with Gasteiger partial charge in [0.25, 0.3) is 0 Å². The topological polar surface area (TPSA) is 59.0 Å². The monoisotopic (exact) mass is 302 g/mol. The Morgan fingerprint density at radius 2 is 2.14 bits per heavy atom. The first-order valence-corrected chi connectivity index (χ1v) is 7.89. The van der Waals surface area contributed by atoms with E-state index in [1.54, 1.807) is 0 Å². The van der Waals surface area contributed by atoms with Crippen molar-refractivity contribution < 1.29 is 4.79 Å². The summed E-state index contributed by atoms with van der Waals surface area (Å²) >= 11 is 0. The minimum absolute atomic E-state index is 0.122. The average molecular weight is 302 g/mol. The summed E-state index contributed by atoms with van der Waals surface area (Å²) in [5, 5.41) is 6.99. The summed E-state index contributed by atoms with van der Waals surface area (Å²) in [7, 11) is 0. The fraction of sp³-hybridized carbons (Fsp3) is 0.529. The molecule has 0 fully saturated rings. The molecular formula is C17H26N4O. The minimum Gasteiger partial charge on any atom is -0.338 e. The molecule has 0 saturated heterocycles. The zero-order valence-corrected chi connectivity index (χ0v) is 13.9. The van der Waals surface area contributed by atoms with Crippen LogP contribution in [0.2, 0.25) is 0 Å². The van der Waals surface area contributed by atoms with E-state index in [4.69, 9.17) is 0 Å². The van der Waals surface area contributed by atoms with E-state index in [0.29, 0.717) is 6.54 Å². The van der Waals surface area contributed by atoms with Crippen LogP contribution in [0.3, 0.4) is 0 Å². The van der Waals surface area contributed by atoms with Crippen molar-refractivity contribution in [1.82, 2.24) is 20.2 Å². The van der Waals surface area contributed by atoms with Gasteiger partial charge in [0, 0.05) is 36.4 Å². The zero-order chi connectivity index (χ0) is 16.2. The fourth-order valence-electron chi connectivity index (χ4n) is 2.50. The third-order valence-electron chi connectivity index (χ3n) is 3.35. The molecule has 2 amide bonds. The Morgan fingerprint density at radius 1 is 1.36 bits per heavy atom. The molecule has 2 N–H and O–H groups in total. The lowest BCUT2D eigenvalue weighted by atomic mass is 10.1. The van der Waals surface area contributed by atoms with Crippen molar-refractivity contribution in [3.63, 3.8) is 0 Å². The van der Waals surface area contributed by atoms with Crippen LogP contribution in [0.4, 0.5) is 4.79 Å². The third kappa shape index (κ3) is 4.23. The van der Waals surface area contributed by atoms with Gasteiger partial charge in [0.05, 0.1) is 0 Å². The van der Waals surface area contributed by atoms with Crippen LogP contribution in [0.25, 0.3) is 11.0 Å². The molecule has 0 saturated carbocycles. The Labute approximate surface area is 132 Å². The number of pyridine rings is 1. The number of aryl methyl sites for hydroxylation is 1. The summed E-state index contributed by atoms with van der Waals surface area (Å²) in [5.74, 6) is 0. The minimum atomic E-state index is -0.217. The molecule has 0 bridgehead atoms. The third-order valence-corrected chi connectivity index (χ3v) is 3.35. The molecular weight excluding hydrogens is 276 g/mol. The van der Waals surface area contributed by atoms with E-state index in [-0.39, 0.29) is 11.6 Å². The number of fused-ring (bicyclic) bond motifs is 1.